The lowest BCUT2D eigenvalue weighted by Crippen LogP contribution is -2.46. The maximum atomic E-state index is 11.4. The quantitative estimate of drug-likeness (QED) is 0.723. The van der Waals surface area contributed by atoms with Crippen molar-refractivity contribution in [3.8, 4) is 0 Å². The lowest BCUT2D eigenvalue weighted by atomic mass is 10.3. The van der Waals surface area contributed by atoms with E-state index in [2.05, 4.69) is 5.32 Å². The van der Waals surface area contributed by atoms with Crippen molar-refractivity contribution in [2.75, 3.05) is 6.54 Å². The summed E-state index contributed by atoms with van der Waals surface area (Å²) in [7, 11) is 0. The van der Waals surface area contributed by atoms with E-state index >= 15 is 0 Å². The van der Waals surface area contributed by atoms with Crippen LogP contribution < -0.4 is 5.32 Å². The minimum Gasteiger partial charge on any atom is -0.338 e. The summed E-state index contributed by atoms with van der Waals surface area (Å²) in [4.78, 5) is 23.7. The predicted molar refractivity (Wildman–Crippen MR) is 51.3 cm³/mol. The Balaban J connectivity index is 4.21. The fourth-order valence-electron chi connectivity index (χ4n) is 1.06. The van der Waals surface area contributed by atoms with Crippen LogP contribution in [0.5, 0.6) is 0 Å². The molecule has 1 N–H and O–H groups in total. The van der Waals surface area contributed by atoms with E-state index in [1.165, 1.54) is 11.8 Å². The van der Waals surface area contributed by atoms with Crippen LogP contribution in [-0.4, -0.2) is 29.4 Å². The van der Waals surface area contributed by atoms with Gasteiger partial charge in [-0.1, -0.05) is 6.92 Å². The molecule has 0 heterocycles. The number of hydrogen-bond acceptors (Lipinski definition) is 2. The van der Waals surface area contributed by atoms with Crippen LogP contribution in [0.1, 0.15) is 34.1 Å². The standard InChI is InChI=1S/C9H18N2O2/c1-5-6-10-9(13)11(7(2)3)8(4)12/h7H,5-6H2,1-4H3,(H,10,13). The molecule has 0 bridgehead atoms. The van der Waals surface area contributed by atoms with Gasteiger partial charge in [0.2, 0.25) is 5.91 Å². The minimum atomic E-state index is -0.302. The Bertz CT molecular complexity index is 190. The third kappa shape index (κ3) is 3.92. The maximum absolute atomic E-state index is 11.4. The zero-order valence-electron chi connectivity index (χ0n) is 8.76. The summed E-state index contributed by atoms with van der Waals surface area (Å²) in [6.07, 6.45) is 0.871. The second-order valence-electron chi connectivity index (χ2n) is 3.21. The van der Waals surface area contributed by atoms with Gasteiger partial charge in [0.1, 0.15) is 0 Å². The molecule has 0 spiro atoms. The summed E-state index contributed by atoms with van der Waals surface area (Å²) < 4.78 is 0. The molecule has 0 fully saturated rings. The van der Waals surface area contributed by atoms with Crippen LogP contribution in [-0.2, 0) is 4.79 Å². The fourth-order valence-corrected chi connectivity index (χ4v) is 1.06. The molecule has 0 rings (SSSR count). The normalized spacial score (nSPS) is 9.92. The third-order valence-corrected chi connectivity index (χ3v) is 1.60. The van der Waals surface area contributed by atoms with Crippen LogP contribution in [0, 0.1) is 0 Å². The van der Waals surface area contributed by atoms with Crippen LogP contribution in [0.2, 0.25) is 0 Å². The number of imide groups is 1. The molecule has 0 aromatic carbocycles. The molecule has 0 aromatic heterocycles. The zero-order chi connectivity index (χ0) is 10.4. The lowest BCUT2D eigenvalue weighted by Gasteiger charge is -2.23. The highest BCUT2D eigenvalue weighted by atomic mass is 16.2. The van der Waals surface area contributed by atoms with Crippen molar-refractivity contribution in [1.82, 2.24) is 10.2 Å². The Morgan fingerprint density at radius 2 is 1.92 bits per heavy atom. The topological polar surface area (TPSA) is 49.4 Å². The van der Waals surface area contributed by atoms with Gasteiger partial charge in [0.25, 0.3) is 0 Å². The number of rotatable bonds is 3. The van der Waals surface area contributed by atoms with Gasteiger partial charge in [-0.05, 0) is 20.3 Å². The number of hydrogen-bond donors (Lipinski definition) is 1. The monoisotopic (exact) mass is 186 g/mol. The van der Waals surface area contributed by atoms with Gasteiger partial charge >= 0.3 is 6.03 Å². The number of nitrogens with one attached hydrogen (secondary N) is 1. The fraction of sp³-hybridized carbons (Fsp3) is 0.778. The molecule has 0 aliphatic heterocycles. The second-order valence-corrected chi connectivity index (χ2v) is 3.21. The average Bonchev–Trinajstić information content (AvgIpc) is 1.99. The van der Waals surface area contributed by atoms with Crippen molar-refractivity contribution < 1.29 is 9.59 Å². The van der Waals surface area contributed by atoms with Gasteiger partial charge in [-0.25, -0.2) is 4.79 Å². The highest BCUT2D eigenvalue weighted by Crippen LogP contribution is 1.99. The maximum Gasteiger partial charge on any atom is 0.324 e. The van der Waals surface area contributed by atoms with Crippen LogP contribution in [0.25, 0.3) is 0 Å². The molecule has 0 aromatic rings. The summed E-state index contributed by atoms with van der Waals surface area (Å²) >= 11 is 0. The number of urea groups is 1. The molecule has 4 heteroatoms. The molecule has 13 heavy (non-hydrogen) atoms. The highest BCUT2D eigenvalue weighted by molar-refractivity contribution is 5.93. The first-order chi connectivity index (χ1) is 6.00. The smallest absolute Gasteiger partial charge is 0.324 e. The molecule has 0 saturated heterocycles. The van der Waals surface area contributed by atoms with Gasteiger partial charge in [-0.15, -0.1) is 0 Å². The molecule has 0 radical (unpaired) electrons. The molecular formula is C9H18N2O2. The first-order valence-electron chi connectivity index (χ1n) is 4.58. The second kappa shape index (κ2) is 5.56. The van der Waals surface area contributed by atoms with E-state index in [0.717, 1.165) is 6.42 Å². The molecule has 3 amide bonds. The van der Waals surface area contributed by atoms with E-state index in [0.29, 0.717) is 6.54 Å². The zero-order valence-corrected chi connectivity index (χ0v) is 8.76. The predicted octanol–water partition coefficient (Wildman–Crippen LogP) is 1.36. The van der Waals surface area contributed by atoms with Gasteiger partial charge in [0, 0.05) is 19.5 Å². The van der Waals surface area contributed by atoms with E-state index in [9.17, 15) is 9.59 Å². The van der Waals surface area contributed by atoms with E-state index in [4.69, 9.17) is 0 Å². The molecule has 0 saturated carbocycles. The first-order valence-corrected chi connectivity index (χ1v) is 4.58. The molecule has 0 aliphatic carbocycles. The molecule has 76 valence electrons. The average molecular weight is 186 g/mol. The minimum absolute atomic E-state index is 0.0886. The van der Waals surface area contributed by atoms with Crippen LogP contribution in [0.15, 0.2) is 0 Å². The largest absolute Gasteiger partial charge is 0.338 e. The summed E-state index contributed by atoms with van der Waals surface area (Å²) in [5, 5.41) is 2.66. The van der Waals surface area contributed by atoms with E-state index in [-0.39, 0.29) is 18.0 Å². The first kappa shape index (κ1) is 11.9. The van der Waals surface area contributed by atoms with Crippen LogP contribution in [0.4, 0.5) is 4.79 Å². The Kier molecular flexibility index (Phi) is 5.11. The Labute approximate surface area is 79.3 Å². The van der Waals surface area contributed by atoms with Crippen molar-refractivity contribution in [2.45, 2.75) is 40.2 Å². The molecule has 0 aliphatic rings. The summed E-state index contributed by atoms with van der Waals surface area (Å²) in [5.74, 6) is -0.219. The van der Waals surface area contributed by atoms with Crippen molar-refractivity contribution >= 4 is 11.9 Å². The SMILES string of the molecule is CCCNC(=O)N(C(C)=O)C(C)C. The third-order valence-electron chi connectivity index (χ3n) is 1.60. The van der Waals surface area contributed by atoms with Crippen molar-refractivity contribution in [3.63, 3.8) is 0 Å². The molecular weight excluding hydrogens is 168 g/mol. The van der Waals surface area contributed by atoms with Gasteiger partial charge < -0.3 is 5.32 Å². The molecule has 4 nitrogen and oxygen atoms in total. The Morgan fingerprint density at radius 3 is 2.23 bits per heavy atom. The van der Waals surface area contributed by atoms with Crippen molar-refractivity contribution in [1.29, 1.82) is 0 Å². The summed E-state index contributed by atoms with van der Waals surface area (Å²) in [6.45, 7) is 7.59. The Hall–Kier alpha value is -1.06. The molecule has 0 atom stereocenters. The van der Waals surface area contributed by atoms with Crippen molar-refractivity contribution in [3.05, 3.63) is 0 Å². The summed E-state index contributed by atoms with van der Waals surface area (Å²) in [5.41, 5.74) is 0. The Morgan fingerprint density at radius 1 is 1.38 bits per heavy atom. The molecule has 0 unspecified atom stereocenters. The van der Waals surface area contributed by atoms with Gasteiger partial charge in [-0.3, -0.25) is 9.69 Å². The van der Waals surface area contributed by atoms with Gasteiger partial charge in [-0.2, -0.15) is 0 Å². The number of carbonyl (C=O) groups is 2. The van der Waals surface area contributed by atoms with E-state index in [1.54, 1.807) is 0 Å². The van der Waals surface area contributed by atoms with E-state index in [1.807, 2.05) is 20.8 Å². The lowest BCUT2D eigenvalue weighted by molar-refractivity contribution is -0.127. The number of nitrogens with zero attached hydrogens (tertiary/aromatic N) is 1. The summed E-state index contributed by atoms with van der Waals surface area (Å²) in [6, 6.07) is -0.390. The van der Waals surface area contributed by atoms with Gasteiger partial charge in [0.05, 0.1) is 0 Å². The number of amides is 3. The number of carbonyl (C=O) groups excluding carboxylic acids is 2. The van der Waals surface area contributed by atoms with Gasteiger partial charge in [0.15, 0.2) is 0 Å². The highest BCUT2D eigenvalue weighted by Gasteiger charge is 2.19. The van der Waals surface area contributed by atoms with E-state index < -0.39 is 0 Å². The van der Waals surface area contributed by atoms with Crippen LogP contribution >= 0.6 is 0 Å². The van der Waals surface area contributed by atoms with Crippen molar-refractivity contribution in [2.24, 2.45) is 0 Å². The van der Waals surface area contributed by atoms with Crippen LogP contribution in [0.3, 0.4) is 0 Å².